The highest BCUT2D eigenvalue weighted by Gasteiger charge is 2.40. The van der Waals surface area contributed by atoms with Crippen molar-refractivity contribution in [3.8, 4) is 0 Å². The Kier molecular flexibility index (Phi) is 6.06. The number of ether oxygens (including phenoxy) is 1. The Morgan fingerprint density at radius 1 is 1.06 bits per heavy atom. The highest BCUT2D eigenvalue weighted by atomic mass is 32.2. The Labute approximate surface area is 208 Å². The number of sulfonamides is 1. The molecular formula is C27H34N4O3S. The van der Waals surface area contributed by atoms with Gasteiger partial charge in [-0.15, -0.1) is 0 Å². The molecule has 1 aliphatic carbocycles. The summed E-state index contributed by atoms with van der Waals surface area (Å²) in [5, 5.41) is 0. The van der Waals surface area contributed by atoms with Gasteiger partial charge in [-0.2, -0.15) is 0 Å². The second-order valence-corrected chi connectivity index (χ2v) is 12.0. The quantitative estimate of drug-likeness (QED) is 0.570. The van der Waals surface area contributed by atoms with Crippen LogP contribution in [0.15, 0.2) is 59.1 Å². The summed E-state index contributed by atoms with van der Waals surface area (Å²) in [5.41, 5.74) is 3.88. The lowest BCUT2D eigenvalue weighted by molar-refractivity contribution is 0.109. The summed E-state index contributed by atoms with van der Waals surface area (Å²) in [6.45, 7) is 4.51. The van der Waals surface area contributed by atoms with Crippen LogP contribution in [0.4, 0.5) is 11.4 Å². The van der Waals surface area contributed by atoms with Gasteiger partial charge in [0.15, 0.2) is 0 Å². The van der Waals surface area contributed by atoms with Crippen LogP contribution in [0.1, 0.15) is 43.7 Å². The van der Waals surface area contributed by atoms with Crippen molar-refractivity contribution in [1.82, 2.24) is 9.88 Å². The van der Waals surface area contributed by atoms with Crippen LogP contribution in [0.2, 0.25) is 0 Å². The molecule has 1 aromatic heterocycles. The number of hydrogen-bond donors (Lipinski definition) is 0. The number of rotatable bonds is 6. The number of hydrogen-bond acceptors (Lipinski definition) is 6. The summed E-state index contributed by atoms with van der Waals surface area (Å²) >= 11 is 0. The number of fused-ring (bicyclic) bond motifs is 1. The Balaban J connectivity index is 1.26. The standard InChI is InChI=1S/C27H34N4O3S/c1-34-23-12-16-30(18-23)22-5-2-6-24(17-22)35(32,33)31-19-25(27-26(31)7-3-13-28-27)20-8-10-21(11-9-20)29-14-4-15-29/h2-3,5-8,13,17,21,23,25H,4,9-12,14-16,18-19H2,1H3. The molecule has 3 atom stereocenters. The summed E-state index contributed by atoms with van der Waals surface area (Å²) in [6.07, 6.45) is 9.83. The highest BCUT2D eigenvalue weighted by Crippen LogP contribution is 2.44. The van der Waals surface area contributed by atoms with Gasteiger partial charge in [-0.05, 0) is 75.5 Å². The maximum Gasteiger partial charge on any atom is 0.264 e. The Bertz CT molecular complexity index is 1230. The fourth-order valence-corrected chi connectivity index (χ4v) is 7.61. The third kappa shape index (κ3) is 4.15. The summed E-state index contributed by atoms with van der Waals surface area (Å²) in [4.78, 5) is 9.79. The number of aromatic nitrogens is 1. The normalized spacial score (nSPS) is 27.0. The van der Waals surface area contributed by atoms with Crippen LogP contribution >= 0.6 is 0 Å². The lowest BCUT2D eigenvalue weighted by Crippen LogP contribution is -2.45. The number of likely N-dealkylation sites (tertiary alicyclic amines) is 1. The van der Waals surface area contributed by atoms with Gasteiger partial charge in [-0.3, -0.25) is 14.2 Å². The minimum atomic E-state index is -3.71. The molecule has 0 radical (unpaired) electrons. The van der Waals surface area contributed by atoms with E-state index in [0.29, 0.717) is 23.2 Å². The zero-order chi connectivity index (χ0) is 24.0. The average molecular weight is 495 g/mol. The molecule has 186 valence electrons. The van der Waals surface area contributed by atoms with E-state index >= 15 is 0 Å². The molecule has 0 saturated carbocycles. The molecule has 1 aromatic carbocycles. The smallest absolute Gasteiger partial charge is 0.264 e. The van der Waals surface area contributed by atoms with E-state index in [-0.39, 0.29) is 12.0 Å². The van der Waals surface area contributed by atoms with E-state index in [1.165, 1.54) is 25.1 Å². The molecule has 3 aliphatic heterocycles. The summed E-state index contributed by atoms with van der Waals surface area (Å²) in [7, 11) is -1.98. The first-order valence-corrected chi connectivity index (χ1v) is 14.3. The molecule has 0 N–H and O–H groups in total. The zero-order valence-corrected chi connectivity index (χ0v) is 21.2. The van der Waals surface area contributed by atoms with E-state index in [0.717, 1.165) is 50.2 Å². The lowest BCUT2D eigenvalue weighted by Gasteiger charge is -2.40. The Morgan fingerprint density at radius 2 is 1.94 bits per heavy atom. The molecule has 6 rings (SSSR count). The summed E-state index contributed by atoms with van der Waals surface area (Å²) in [5.74, 6) is 0.0301. The van der Waals surface area contributed by atoms with Crippen molar-refractivity contribution in [3.63, 3.8) is 0 Å². The predicted molar refractivity (Wildman–Crippen MR) is 137 cm³/mol. The van der Waals surface area contributed by atoms with Gasteiger partial charge < -0.3 is 9.64 Å². The van der Waals surface area contributed by atoms with E-state index in [4.69, 9.17) is 4.74 Å². The number of methoxy groups -OCH3 is 1. The second-order valence-electron chi connectivity index (χ2n) is 10.2. The maximum atomic E-state index is 13.9. The van der Waals surface area contributed by atoms with Gasteiger partial charge in [0, 0.05) is 50.6 Å². The summed E-state index contributed by atoms with van der Waals surface area (Å²) < 4.78 is 34.9. The van der Waals surface area contributed by atoms with Crippen molar-refractivity contribution >= 4 is 21.4 Å². The topological polar surface area (TPSA) is 66.0 Å². The molecule has 35 heavy (non-hydrogen) atoms. The van der Waals surface area contributed by atoms with Crippen LogP contribution in [0.25, 0.3) is 0 Å². The van der Waals surface area contributed by atoms with Crippen molar-refractivity contribution < 1.29 is 13.2 Å². The van der Waals surface area contributed by atoms with Crippen LogP contribution in [-0.4, -0.2) is 70.3 Å². The number of pyridine rings is 1. The molecule has 0 amide bonds. The van der Waals surface area contributed by atoms with E-state index in [1.54, 1.807) is 23.7 Å². The van der Waals surface area contributed by atoms with Gasteiger partial charge in [0.1, 0.15) is 0 Å². The third-order valence-corrected chi connectivity index (χ3v) is 10.1. The monoisotopic (exact) mass is 494 g/mol. The zero-order valence-electron chi connectivity index (χ0n) is 20.3. The summed E-state index contributed by atoms with van der Waals surface area (Å²) in [6, 6.07) is 11.7. The van der Waals surface area contributed by atoms with E-state index in [2.05, 4.69) is 20.9 Å². The van der Waals surface area contributed by atoms with Gasteiger partial charge in [-0.1, -0.05) is 17.7 Å². The van der Waals surface area contributed by atoms with Gasteiger partial charge in [0.25, 0.3) is 10.0 Å². The first kappa shape index (κ1) is 23.0. The van der Waals surface area contributed by atoms with Crippen LogP contribution in [0.5, 0.6) is 0 Å². The Morgan fingerprint density at radius 3 is 2.66 bits per heavy atom. The van der Waals surface area contributed by atoms with E-state index < -0.39 is 10.0 Å². The first-order valence-electron chi connectivity index (χ1n) is 12.8. The molecule has 2 aromatic rings. The van der Waals surface area contributed by atoms with Crippen molar-refractivity contribution in [2.45, 2.75) is 55.1 Å². The van der Waals surface area contributed by atoms with Gasteiger partial charge >= 0.3 is 0 Å². The molecular weight excluding hydrogens is 460 g/mol. The minimum Gasteiger partial charge on any atom is -0.380 e. The number of nitrogens with zero attached hydrogens (tertiary/aromatic N) is 4. The molecule has 0 bridgehead atoms. The third-order valence-electron chi connectivity index (χ3n) is 8.29. The molecule has 4 heterocycles. The predicted octanol–water partition coefficient (Wildman–Crippen LogP) is 3.78. The second kappa shape index (κ2) is 9.22. The van der Waals surface area contributed by atoms with Crippen molar-refractivity contribution in [1.29, 1.82) is 0 Å². The van der Waals surface area contributed by atoms with Crippen molar-refractivity contribution in [2.24, 2.45) is 0 Å². The number of anilines is 2. The molecule has 2 fully saturated rings. The first-order chi connectivity index (χ1) is 17.0. The molecule has 8 heteroatoms. The molecule has 2 saturated heterocycles. The molecule has 3 unspecified atom stereocenters. The van der Waals surface area contributed by atoms with Gasteiger partial charge in [0.05, 0.1) is 22.4 Å². The van der Waals surface area contributed by atoms with Crippen LogP contribution < -0.4 is 9.21 Å². The Hall–Kier alpha value is -2.42. The molecule has 4 aliphatic rings. The fourth-order valence-electron chi connectivity index (χ4n) is 6.08. The average Bonchev–Trinajstić information content (AvgIpc) is 3.49. The van der Waals surface area contributed by atoms with E-state index in [9.17, 15) is 8.42 Å². The largest absolute Gasteiger partial charge is 0.380 e. The highest BCUT2D eigenvalue weighted by molar-refractivity contribution is 7.92. The van der Waals surface area contributed by atoms with E-state index in [1.807, 2.05) is 30.3 Å². The maximum absolute atomic E-state index is 13.9. The number of benzene rings is 1. The fraction of sp³-hybridized carbons (Fsp3) is 0.519. The van der Waals surface area contributed by atoms with Gasteiger partial charge in [-0.25, -0.2) is 8.42 Å². The SMILES string of the molecule is COC1CCN(c2cccc(S(=O)(=O)N3CC(C4=CCC(N5CCC5)CC4)c4ncccc43)c2)C1. The van der Waals surface area contributed by atoms with Crippen LogP contribution in [0.3, 0.4) is 0 Å². The molecule has 7 nitrogen and oxygen atoms in total. The lowest BCUT2D eigenvalue weighted by atomic mass is 9.85. The minimum absolute atomic E-state index is 0.0301. The van der Waals surface area contributed by atoms with Crippen LogP contribution in [0, 0.1) is 0 Å². The van der Waals surface area contributed by atoms with Crippen molar-refractivity contribution in [3.05, 3.63) is 59.9 Å². The van der Waals surface area contributed by atoms with Gasteiger partial charge in [0.2, 0.25) is 0 Å². The molecule has 0 spiro atoms. The van der Waals surface area contributed by atoms with Crippen LogP contribution in [-0.2, 0) is 14.8 Å². The van der Waals surface area contributed by atoms with Crippen molar-refractivity contribution in [2.75, 3.05) is 49.0 Å².